The molecular weight excluding hydrogens is 324 g/mol. The lowest BCUT2D eigenvalue weighted by Gasteiger charge is -2.15. The highest BCUT2D eigenvalue weighted by Crippen LogP contribution is 2.32. The molecule has 9 nitrogen and oxygen atoms in total. The van der Waals surface area contributed by atoms with Crippen molar-refractivity contribution in [3.05, 3.63) is 35.4 Å². The molecule has 0 saturated heterocycles. The SMILES string of the molecule is CC(=O)On1c(N)c(OS(=O)O)c(-c2ccc(C)cc2)nc1=N. The number of nitrogens with two attached hydrogens (primary N) is 1. The minimum atomic E-state index is -2.68. The van der Waals surface area contributed by atoms with Gasteiger partial charge in [-0.05, 0) is 6.92 Å². The minimum absolute atomic E-state index is 0.0818. The highest BCUT2D eigenvalue weighted by Gasteiger charge is 2.20. The van der Waals surface area contributed by atoms with Gasteiger partial charge in [0.2, 0.25) is 5.75 Å². The fourth-order valence-electron chi connectivity index (χ4n) is 1.81. The van der Waals surface area contributed by atoms with Gasteiger partial charge < -0.3 is 14.8 Å². The maximum absolute atomic E-state index is 11.1. The maximum atomic E-state index is 11.1. The number of nitrogen functional groups attached to an aromatic ring is 1. The minimum Gasteiger partial charge on any atom is -0.379 e. The summed E-state index contributed by atoms with van der Waals surface area (Å²) < 4.78 is 25.4. The number of aryl methyl sites for hydroxylation is 1. The van der Waals surface area contributed by atoms with Crippen LogP contribution in [-0.2, 0) is 16.2 Å². The second-order valence-corrected chi connectivity index (χ2v) is 5.14. The molecule has 10 heteroatoms. The Morgan fingerprint density at radius 1 is 1.39 bits per heavy atom. The monoisotopic (exact) mass is 338 g/mol. The van der Waals surface area contributed by atoms with Crippen LogP contribution in [0.3, 0.4) is 0 Å². The Balaban J connectivity index is 2.70. The molecule has 0 aliphatic rings. The smallest absolute Gasteiger partial charge is 0.357 e. The normalized spacial score (nSPS) is 11.8. The molecular formula is C13H14N4O5S. The highest BCUT2D eigenvalue weighted by molar-refractivity contribution is 7.74. The second kappa shape index (κ2) is 6.58. The number of anilines is 1. The van der Waals surface area contributed by atoms with Crippen LogP contribution in [-0.4, -0.2) is 24.4 Å². The first kappa shape index (κ1) is 16.6. The summed E-state index contributed by atoms with van der Waals surface area (Å²) in [6.07, 6.45) is 0. The van der Waals surface area contributed by atoms with Gasteiger partial charge in [0.1, 0.15) is 5.69 Å². The van der Waals surface area contributed by atoms with E-state index >= 15 is 0 Å². The van der Waals surface area contributed by atoms with Crippen LogP contribution in [0.2, 0.25) is 0 Å². The van der Waals surface area contributed by atoms with Crippen molar-refractivity contribution in [2.75, 3.05) is 5.73 Å². The Bertz CT molecular complexity index is 831. The van der Waals surface area contributed by atoms with Crippen molar-refractivity contribution in [3.8, 4) is 17.0 Å². The molecule has 1 aromatic heterocycles. The standard InChI is InChI=1S/C13H14N4O5S/c1-7-3-5-9(6-4-7)10-11(22-23(19)20)12(14)17(13(15)16-10)21-8(2)18/h3-6,15H,14H2,1-2H3,(H,19,20). The molecule has 0 saturated carbocycles. The predicted molar refractivity (Wildman–Crippen MR) is 81.3 cm³/mol. The van der Waals surface area contributed by atoms with Gasteiger partial charge in [-0.2, -0.15) is 4.21 Å². The molecule has 2 rings (SSSR count). The third-order valence-corrected chi connectivity index (χ3v) is 3.09. The van der Waals surface area contributed by atoms with Gasteiger partial charge in [0, 0.05) is 12.5 Å². The van der Waals surface area contributed by atoms with E-state index in [4.69, 9.17) is 24.7 Å². The first-order valence-corrected chi connectivity index (χ1v) is 7.35. The molecule has 1 unspecified atom stereocenters. The number of carbonyl (C=O) groups excluding carboxylic acids is 1. The third kappa shape index (κ3) is 3.73. The molecule has 0 aliphatic heterocycles. The summed E-state index contributed by atoms with van der Waals surface area (Å²) in [6, 6.07) is 6.98. The highest BCUT2D eigenvalue weighted by atomic mass is 32.2. The van der Waals surface area contributed by atoms with Crippen LogP contribution < -0.4 is 20.4 Å². The average molecular weight is 338 g/mol. The molecule has 0 fully saturated rings. The van der Waals surface area contributed by atoms with E-state index in [1.807, 2.05) is 6.92 Å². The Kier molecular flexibility index (Phi) is 4.77. The fraction of sp³-hybridized carbons (Fsp3) is 0.154. The molecule has 4 N–H and O–H groups in total. The van der Waals surface area contributed by atoms with E-state index in [1.165, 1.54) is 0 Å². The van der Waals surface area contributed by atoms with E-state index in [1.54, 1.807) is 24.3 Å². The first-order chi connectivity index (χ1) is 10.8. The number of rotatable bonds is 4. The van der Waals surface area contributed by atoms with Gasteiger partial charge in [0.25, 0.3) is 5.62 Å². The van der Waals surface area contributed by atoms with Crippen LogP contribution in [0, 0.1) is 12.3 Å². The Labute approximate surface area is 133 Å². The van der Waals surface area contributed by atoms with E-state index in [2.05, 4.69) is 4.98 Å². The summed E-state index contributed by atoms with van der Waals surface area (Å²) in [5.41, 5.74) is 6.93. The number of aromatic nitrogens is 2. The lowest BCUT2D eigenvalue weighted by atomic mass is 10.1. The van der Waals surface area contributed by atoms with E-state index in [0.717, 1.165) is 12.5 Å². The Morgan fingerprint density at radius 3 is 2.52 bits per heavy atom. The molecule has 1 atom stereocenters. The topological polar surface area (TPSA) is 141 Å². The average Bonchev–Trinajstić information content (AvgIpc) is 2.46. The van der Waals surface area contributed by atoms with Crippen LogP contribution in [0.5, 0.6) is 5.75 Å². The molecule has 122 valence electrons. The number of nitrogens with one attached hydrogen (secondary N) is 1. The van der Waals surface area contributed by atoms with Crippen molar-refractivity contribution >= 4 is 23.1 Å². The van der Waals surface area contributed by atoms with E-state index < -0.39 is 22.9 Å². The molecule has 0 aliphatic carbocycles. The molecule has 0 amide bonds. The van der Waals surface area contributed by atoms with Gasteiger partial charge in [-0.1, -0.05) is 29.8 Å². The van der Waals surface area contributed by atoms with Gasteiger partial charge in [-0.15, -0.1) is 4.73 Å². The number of hydrogen-bond acceptors (Lipinski definition) is 7. The number of carbonyl (C=O) groups is 1. The summed E-state index contributed by atoms with van der Waals surface area (Å²) in [4.78, 5) is 19.8. The molecule has 1 aromatic carbocycles. The van der Waals surface area contributed by atoms with Crippen molar-refractivity contribution in [1.82, 2.24) is 9.71 Å². The molecule has 23 heavy (non-hydrogen) atoms. The van der Waals surface area contributed by atoms with Gasteiger partial charge in [-0.3, -0.25) is 9.96 Å². The number of nitrogens with zero attached hydrogens (tertiary/aromatic N) is 2. The largest absolute Gasteiger partial charge is 0.379 e. The van der Waals surface area contributed by atoms with Crippen molar-refractivity contribution in [2.45, 2.75) is 13.8 Å². The van der Waals surface area contributed by atoms with Crippen LogP contribution in [0.4, 0.5) is 5.82 Å². The lowest BCUT2D eigenvalue weighted by Crippen LogP contribution is -2.34. The van der Waals surface area contributed by atoms with Crippen molar-refractivity contribution in [3.63, 3.8) is 0 Å². The zero-order chi connectivity index (χ0) is 17.1. The summed E-state index contributed by atoms with van der Waals surface area (Å²) in [7, 11) is 0. The van der Waals surface area contributed by atoms with Crippen LogP contribution in [0.25, 0.3) is 11.3 Å². The zero-order valence-corrected chi connectivity index (χ0v) is 13.1. The zero-order valence-electron chi connectivity index (χ0n) is 12.3. The molecule has 1 heterocycles. The van der Waals surface area contributed by atoms with Crippen LogP contribution in [0.1, 0.15) is 12.5 Å². The summed E-state index contributed by atoms with van der Waals surface area (Å²) in [5, 5.41) is 7.82. The Morgan fingerprint density at radius 2 is 2.00 bits per heavy atom. The molecule has 0 spiro atoms. The maximum Gasteiger partial charge on any atom is 0.357 e. The Hall–Kier alpha value is -2.72. The third-order valence-electron chi connectivity index (χ3n) is 2.78. The van der Waals surface area contributed by atoms with Crippen LogP contribution >= 0.6 is 0 Å². The van der Waals surface area contributed by atoms with E-state index in [-0.39, 0.29) is 17.3 Å². The van der Waals surface area contributed by atoms with Gasteiger partial charge in [-0.25, -0.2) is 9.78 Å². The van der Waals surface area contributed by atoms with Crippen LogP contribution in [0.15, 0.2) is 24.3 Å². The van der Waals surface area contributed by atoms with E-state index in [9.17, 15) is 9.00 Å². The second-order valence-electron chi connectivity index (χ2n) is 4.54. The van der Waals surface area contributed by atoms with E-state index in [0.29, 0.717) is 10.3 Å². The van der Waals surface area contributed by atoms with Gasteiger partial charge in [0.15, 0.2) is 5.82 Å². The molecule has 0 radical (unpaired) electrons. The predicted octanol–water partition coefficient (Wildman–Crippen LogP) is 0.411. The lowest BCUT2D eigenvalue weighted by molar-refractivity contribution is -0.141. The summed E-state index contributed by atoms with van der Waals surface area (Å²) >= 11 is -2.68. The molecule has 0 bridgehead atoms. The van der Waals surface area contributed by atoms with Crippen molar-refractivity contribution < 1.29 is 22.6 Å². The number of hydrogen-bond donors (Lipinski definition) is 3. The molecule has 2 aromatic rings. The summed E-state index contributed by atoms with van der Waals surface area (Å²) in [6.45, 7) is 3.01. The quantitative estimate of drug-likeness (QED) is 0.686. The van der Waals surface area contributed by atoms with Gasteiger partial charge in [0.05, 0.1) is 0 Å². The fourth-order valence-corrected chi connectivity index (χ4v) is 2.12. The summed E-state index contributed by atoms with van der Waals surface area (Å²) in [5.74, 6) is -1.35. The van der Waals surface area contributed by atoms with Gasteiger partial charge >= 0.3 is 17.3 Å². The first-order valence-electron chi connectivity index (χ1n) is 6.32. The number of benzene rings is 1. The van der Waals surface area contributed by atoms with Crippen molar-refractivity contribution in [2.24, 2.45) is 0 Å². The van der Waals surface area contributed by atoms with Crippen molar-refractivity contribution in [1.29, 1.82) is 5.41 Å².